The number of phenols is 1. The van der Waals surface area contributed by atoms with Crippen LogP contribution in [-0.4, -0.2) is 30.2 Å². The molecule has 0 saturated heterocycles. The zero-order valence-corrected chi connectivity index (χ0v) is 9.66. The molecule has 0 bridgehead atoms. The van der Waals surface area contributed by atoms with Crippen LogP contribution in [0.25, 0.3) is 0 Å². The van der Waals surface area contributed by atoms with Gasteiger partial charge in [-0.15, -0.1) is 0 Å². The van der Waals surface area contributed by atoms with Crippen LogP contribution in [0.4, 0.5) is 0 Å². The molecule has 0 aliphatic carbocycles. The van der Waals surface area contributed by atoms with Gasteiger partial charge in [-0.3, -0.25) is 0 Å². The van der Waals surface area contributed by atoms with Crippen LogP contribution in [0.5, 0.6) is 11.5 Å². The third-order valence-corrected chi connectivity index (χ3v) is 2.36. The lowest BCUT2D eigenvalue weighted by Gasteiger charge is -2.16. The van der Waals surface area contributed by atoms with Crippen LogP contribution in [0.3, 0.4) is 0 Å². The van der Waals surface area contributed by atoms with Gasteiger partial charge < -0.3 is 14.7 Å². The summed E-state index contributed by atoms with van der Waals surface area (Å²) >= 11 is 0. The number of rotatable bonds is 5. The van der Waals surface area contributed by atoms with Crippen molar-refractivity contribution in [3.8, 4) is 11.5 Å². The summed E-state index contributed by atoms with van der Waals surface area (Å²) in [5.41, 5.74) is 0.908. The Morgan fingerprint density at radius 2 is 2.07 bits per heavy atom. The van der Waals surface area contributed by atoms with Crippen LogP contribution < -0.4 is 4.74 Å². The standard InChI is InChI=1S/C12H19NO2/c1-4-13(3)9-10-7-6-8-11(12(10)14)15-5-2/h6-8,14H,4-5,9H2,1-3H3. The molecule has 15 heavy (non-hydrogen) atoms. The molecule has 84 valence electrons. The molecular weight excluding hydrogens is 190 g/mol. The summed E-state index contributed by atoms with van der Waals surface area (Å²) in [5.74, 6) is 0.833. The van der Waals surface area contributed by atoms with Crippen LogP contribution in [0, 0.1) is 0 Å². The van der Waals surface area contributed by atoms with Gasteiger partial charge in [0.25, 0.3) is 0 Å². The molecule has 1 aromatic rings. The number of para-hydroxylation sites is 1. The summed E-state index contributed by atoms with van der Waals surface area (Å²) in [5, 5.41) is 9.91. The van der Waals surface area contributed by atoms with Crippen LogP contribution in [0.2, 0.25) is 0 Å². The Morgan fingerprint density at radius 1 is 1.33 bits per heavy atom. The van der Waals surface area contributed by atoms with E-state index in [0.29, 0.717) is 12.4 Å². The van der Waals surface area contributed by atoms with Gasteiger partial charge in [0.15, 0.2) is 11.5 Å². The minimum atomic E-state index is 0.264. The fraction of sp³-hybridized carbons (Fsp3) is 0.500. The lowest BCUT2D eigenvalue weighted by molar-refractivity contribution is 0.306. The molecule has 0 heterocycles. The SMILES string of the molecule is CCOc1cccc(CN(C)CC)c1O. The number of benzene rings is 1. The second-order valence-electron chi connectivity index (χ2n) is 3.53. The van der Waals surface area contributed by atoms with E-state index in [2.05, 4.69) is 11.8 Å². The normalized spacial score (nSPS) is 10.7. The molecule has 0 saturated carbocycles. The van der Waals surface area contributed by atoms with Gasteiger partial charge in [0.05, 0.1) is 6.61 Å². The highest BCUT2D eigenvalue weighted by Crippen LogP contribution is 2.30. The van der Waals surface area contributed by atoms with E-state index < -0.39 is 0 Å². The van der Waals surface area contributed by atoms with E-state index in [1.807, 2.05) is 26.1 Å². The maximum atomic E-state index is 9.91. The fourth-order valence-electron chi connectivity index (χ4n) is 1.37. The molecule has 1 rings (SSSR count). The van der Waals surface area contributed by atoms with E-state index in [9.17, 15) is 5.11 Å². The Kier molecular flexibility index (Phi) is 4.43. The predicted molar refractivity (Wildman–Crippen MR) is 61.3 cm³/mol. The minimum absolute atomic E-state index is 0.264. The number of hydrogen-bond acceptors (Lipinski definition) is 3. The minimum Gasteiger partial charge on any atom is -0.504 e. The number of hydrogen-bond donors (Lipinski definition) is 1. The lowest BCUT2D eigenvalue weighted by Crippen LogP contribution is -2.16. The van der Waals surface area contributed by atoms with E-state index in [0.717, 1.165) is 18.7 Å². The van der Waals surface area contributed by atoms with Crippen molar-refractivity contribution in [2.24, 2.45) is 0 Å². The average Bonchev–Trinajstić information content (AvgIpc) is 2.24. The van der Waals surface area contributed by atoms with Gasteiger partial charge >= 0.3 is 0 Å². The van der Waals surface area contributed by atoms with Crippen molar-refractivity contribution in [1.82, 2.24) is 4.90 Å². The van der Waals surface area contributed by atoms with Crippen LogP contribution >= 0.6 is 0 Å². The molecule has 0 atom stereocenters. The summed E-state index contributed by atoms with van der Waals surface area (Å²) in [6, 6.07) is 5.61. The first kappa shape index (κ1) is 11.9. The summed E-state index contributed by atoms with van der Waals surface area (Å²) in [7, 11) is 2.02. The molecular formula is C12H19NO2. The highest BCUT2D eigenvalue weighted by molar-refractivity contribution is 5.45. The zero-order valence-electron chi connectivity index (χ0n) is 9.66. The first-order valence-corrected chi connectivity index (χ1v) is 5.31. The molecule has 1 aromatic carbocycles. The van der Waals surface area contributed by atoms with E-state index >= 15 is 0 Å². The Balaban J connectivity index is 2.84. The summed E-state index contributed by atoms with van der Waals surface area (Å²) in [4.78, 5) is 2.13. The molecule has 0 spiro atoms. The number of nitrogens with zero attached hydrogens (tertiary/aromatic N) is 1. The van der Waals surface area contributed by atoms with Crippen molar-refractivity contribution >= 4 is 0 Å². The predicted octanol–water partition coefficient (Wildman–Crippen LogP) is 2.24. The quantitative estimate of drug-likeness (QED) is 0.807. The average molecular weight is 209 g/mol. The fourth-order valence-corrected chi connectivity index (χ4v) is 1.37. The zero-order chi connectivity index (χ0) is 11.3. The van der Waals surface area contributed by atoms with Gasteiger partial charge in [0.2, 0.25) is 0 Å². The maximum absolute atomic E-state index is 9.91. The molecule has 3 heteroatoms. The number of aromatic hydroxyl groups is 1. The molecule has 0 aliphatic heterocycles. The highest BCUT2D eigenvalue weighted by Gasteiger charge is 2.08. The summed E-state index contributed by atoms with van der Waals surface area (Å²) < 4.78 is 5.32. The molecule has 0 amide bonds. The van der Waals surface area contributed by atoms with Gasteiger partial charge in [0, 0.05) is 12.1 Å². The van der Waals surface area contributed by atoms with Crippen molar-refractivity contribution in [1.29, 1.82) is 0 Å². The lowest BCUT2D eigenvalue weighted by atomic mass is 10.2. The van der Waals surface area contributed by atoms with E-state index in [1.54, 1.807) is 6.07 Å². The van der Waals surface area contributed by atoms with Gasteiger partial charge in [-0.05, 0) is 26.6 Å². The van der Waals surface area contributed by atoms with E-state index in [-0.39, 0.29) is 5.75 Å². The number of ether oxygens (including phenoxy) is 1. The molecule has 0 fully saturated rings. The number of phenolic OH excluding ortho intramolecular Hbond substituents is 1. The first-order chi connectivity index (χ1) is 7.19. The van der Waals surface area contributed by atoms with Crippen LogP contribution in [0.1, 0.15) is 19.4 Å². The molecule has 0 radical (unpaired) electrons. The summed E-state index contributed by atoms with van der Waals surface area (Å²) in [6.07, 6.45) is 0. The molecule has 0 unspecified atom stereocenters. The Morgan fingerprint density at radius 3 is 2.67 bits per heavy atom. The van der Waals surface area contributed by atoms with Crippen LogP contribution in [-0.2, 0) is 6.54 Å². The molecule has 0 aromatic heterocycles. The largest absolute Gasteiger partial charge is 0.504 e. The highest BCUT2D eigenvalue weighted by atomic mass is 16.5. The first-order valence-electron chi connectivity index (χ1n) is 5.31. The van der Waals surface area contributed by atoms with Crippen molar-refractivity contribution in [3.63, 3.8) is 0 Å². The monoisotopic (exact) mass is 209 g/mol. The van der Waals surface area contributed by atoms with Gasteiger partial charge in [-0.25, -0.2) is 0 Å². The third-order valence-electron chi connectivity index (χ3n) is 2.36. The Bertz CT molecular complexity index is 312. The Hall–Kier alpha value is -1.22. The second-order valence-corrected chi connectivity index (χ2v) is 3.53. The van der Waals surface area contributed by atoms with Gasteiger partial charge in [-0.2, -0.15) is 0 Å². The van der Waals surface area contributed by atoms with Crippen molar-refractivity contribution in [3.05, 3.63) is 23.8 Å². The third kappa shape index (κ3) is 3.13. The van der Waals surface area contributed by atoms with Crippen molar-refractivity contribution in [2.75, 3.05) is 20.2 Å². The van der Waals surface area contributed by atoms with Crippen molar-refractivity contribution in [2.45, 2.75) is 20.4 Å². The van der Waals surface area contributed by atoms with Gasteiger partial charge in [0.1, 0.15) is 0 Å². The molecule has 3 nitrogen and oxygen atoms in total. The Labute approximate surface area is 91.3 Å². The molecule has 0 aliphatic rings. The van der Waals surface area contributed by atoms with E-state index in [4.69, 9.17) is 4.74 Å². The maximum Gasteiger partial charge on any atom is 0.162 e. The topological polar surface area (TPSA) is 32.7 Å². The smallest absolute Gasteiger partial charge is 0.162 e. The molecule has 1 N–H and O–H groups in total. The second kappa shape index (κ2) is 5.61. The van der Waals surface area contributed by atoms with Crippen molar-refractivity contribution < 1.29 is 9.84 Å². The van der Waals surface area contributed by atoms with E-state index in [1.165, 1.54) is 0 Å². The van der Waals surface area contributed by atoms with Gasteiger partial charge in [-0.1, -0.05) is 19.1 Å². The summed E-state index contributed by atoms with van der Waals surface area (Å²) in [6.45, 7) is 6.26. The van der Waals surface area contributed by atoms with Crippen LogP contribution in [0.15, 0.2) is 18.2 Å².